The summed E-state index contributed by atoms with van der Waals surface area (Å²) in [7, 11) is -4.74. The van der Waals surface area contributed by atoms with Gasteiger partial charge >= 0.3 is 15.9 Å². The van der Waals surface area contributed by atoms with Crippen LogP contribution in [0.2, 0.25) is 0 Å². The van der Waals surface area contributed by atoms with E-state index in [0.29, 0.717) is 16.7 Å². The van der Waals surface area contributed by atoms with Crippen molar-refractivity contribution in [2.24, 2.45) is 0 Å². The Balaban J connectivity index is 1.99. The lowest BCUT2D eigenvalue weighted by molar-refractivity contribution is -0.117. The largest absolute Gasteiger partial charge is 0.323 e. The Bertz CT molecular complexity index is 854. The highest BCUT2D eigenvalue weighted by Crippen LogP contribution is 2.27. The van der Waals surface area contributed by atoms with Gasteiger partial charge in [-0.05, 0) is 18.2 Å². The van der Waals surface area contributed by atoms with Gasteiger partial charge in [0.2, 0.25) is 5.91 Å². The number of amides is 1. The quantitative estimate of drug-likeness (QED) is 0.776. The number of halogens is 1. The van der Waals surface area contributed by atoms with E-state index in [1.54, 1.807) is 18.2 Å². The molecular weight excluding hydrogens is 289 g/mol. The van der Waals surface area contributed by atoms with Gasteiger partial charge in [-0.1, -0.05) is 0 Å². The van der Waals surface area contributed by atoms with Crippen LogP contribution >= 0.6 is 0 Å². The molecule has 0 spiro atoms. The molecule has 0 aliphatic carbocycles. The van der Waals surface area contributed by atoms with Crippen LogP contribution in [-0.4, -0.2) is 36.1 Å². The van der Waals surface area contributed by atoms with Crippen molar-refractivity contribution in [3.05, 3.63) is 28.7 Å². The van der Waals surface area contributed by atoms with Crippen LogP contribution < -0.4 is 10.6 Å². The molecule has 3 rings (SSSR count). The van der Waals surface area contributed by atoms with Crippen molar-refractivity contribution in [1.29, 1.82) is 0 Å². The number of imidazole rings is 1. The number of hydrogen-bond donors (Lipinski definition) is 2. The molecule has 9 heteroatoms. The normalized spacial score (nSPS) is 19.9. The molecule has 1 aromatic heterocycles. The van der Waals surface area contributed by atoms with Crippen LogP contribution in [0.1, 0.15) is 6.42 Å². The molecule has 7 nitrogen and oxygen atoms in total. The van der Waals surface area contributed by atoms with E-state index < -0.39 is 21.4 Å². The average Bonchev–Trinajstić information content (AvgIpc) is 2.89. The molecular formula is C11H10FN3O4S. The van der Waals surface area contributed by atoms with Gasteiger partial charge in [0.25, 0.3) is 0 Å². The molecule has 1 aliphatic rings. The van der Waals surface area contributed by atoms with E-state index in [2.05, 4.69) is 9.97 Å². The first kappa shape index (κ1) is 12.9. The summed E-state index contributed by atoms with van der Waals surface area (Å²) < 4.78 is 34.7. The number of aromatic nitrogens is 2. The van der Waals surface area contributed by atoms with E-state index in [9.17, 15) is 21.9 Å². The van der Waals surface area contributed by atoms with E-state index in [0.717, 1.165) is 0 Å². The number of carbonyl (C=O) groups is 1. The van der Waals surface area contributed by atoms with Crippen molar-refractivity contribution in [2.45, 2.75) is 11.7 Å². The van der Waals surface area contributed by atoms with Gasteiger partial charge in [-0.15, -0.1) is 3.89 Å². The van der Waals surface area contributed by atoms with Crippen molar-refractivity contribution < 1.29 is 17.1 Å². The Morgan fingerprint density at radius 1 is 1.20 bits per heavy atom. The van der Waals surface area contributed by atoms with Gasteiger partial charge in [-0.3, -0.25) is 4.79 Å². The zero-order chi connectivity index (χ0) is 14.5. The fraction of sp³-hybridized carbons (Fsp3) is 0.273. The summed E-state index contributed by atoms with van der Waals surface area (Å²) in [4.78, 5) is 29.2. The second kappa shape index (κ2) is 4.17. The number of fused-ring (bicyclic) bond motifs is 1. The fourth-order valence-corrected chi connectivity index (χ4v) is 2.97. The summed E-state index contributed by atoms with van der Waals surface area (Å²) in [5, 5.41) is -1.34. The molecule has 1 fully saturated rings. The summed E-state index contributed by atoms with van der Waals surface area (Å²) in [5.74, 6) is -0.464. The number of nitrogens with zero attached hydrogens (tertiary/aromatic N) is 1. The van der Waals surface area contributed by atoms with Crippen molar-refractivity contribution in [1.82, 2.24) is 9.97 Å². The third-order valence-electron chi connectivity index (χ3n) is 3.30. The monoisotopic (exact) mass is 299 g/mol. The Hall–Kier alpha value is -2.16. The molecule has 0 radical (unpaired) electrons. The van der Waals surface area contributed by atoms with Crippen LogP contribution in [-0.2, 0) is 15.0 Å². The number of hydrogen-bond acceptors (Lipinski definition) is 4. The first-order valence-electron chi connectivity index (χ1n) is 5.80. The third kappa shape index (κ3) is 2.09. The number of H-pyrrole nitrogens is 2. The molecule has 1 amide bonds. The topological polar surface area (TPSA) is 103 Å². The van der Waals surface area contributed by atoms with Gasteiger partial charge in [0.15, 0.2) is 0 Å². The minimum absolute atomic E-state index is 0.224. The molecule has 1 aliphatic heterocycles. The minimum Gasteiger partial charge on any atom is -0.311 e. The lowest BCUT2D eigenvalue weighted by Crippen LogP contribution is -2.26. The zero-order valence-electron chi connectivity index (χ0n) is 10.1. The number of benzene rings is 1. The third-order valence-corrected chi connectivity index (χ3v) is 4.41. The highest BCUT2D eigenvalue weighted by Gasteiger charge is 2.39. The molecule has 20 heavy (non-hydrogen) atoms. The highest BCUT2D eigenvalue weighted by molar-refractivity contribution is 7.87. The number of rotatable bonds is 2. The van der Waals surface area contributed by atoms with Gasteiger partial charge in [0.1, 0.15) is 5.25 Å². The standard InChI is InChI=1S/C11H10FN3O4S/c12-20(18,19)7-4-10(16)15(5-7)6-1-2-8-9(3-6)14-11(17)13-8/h1-3,7H,4-5H2,(H2,13,14,17). The van der Waals surface area contributed by atoms with Crippen LogP contribution in [0.4, 0.5) is 9.57 Å². The molecule has 0 bridgehead atoms. The van der Waals surface area contributed by atoms with Crippen LogP contribution in [0, 0.1) is 0 Å². The summed E-state index contributed by atoms with van der Waals surface area (Å²) in [6.45, 7) is -0.224. The van der Waals surface area contributed by atoms with E-state index in [-0.39, 0.29) is 18.7 Å². The fourth-order valence-electron chi connectivity index (χ4n) is 2.30. The maximum atomic E-state index is 13.0. The van der Waals surface area contributed by atoms with Crippen LogP contribution in [0.5, 0.6) is 0 Å². The number of aromatic amines is 2. The summed E-state index contributed by atoms with van der Waals surface area (Å²) in [6, 6.07) is 4.70. The van der Waals surface area contributed by atoms with E-state index in [4.69, 9.17) is 0 Å². The lowest BCUT2D eigenvalue weighted by atomic mass is 10.2. The van der Waals surface area contributed by atoms with E-state index in [1.807, 2.05) is 0 Å². The first-order valence-corrected chi connectivity index (χ1v) is 7.25. The predicted octanol–water partition coefficient (Wildman–Crippen LogP) is 0.261. The number of carbonyl (C=O) groups excluding carboxylic acids is 1. The minimum atomic E-state index is -4.74. The van der Waals surface area contributed by atoms with Gasteiger partial charge < -0.3 is 14.9 Å². The zero-order valence-corrected chi connectivity index (χ0v) is 10.9. The van der Waals surface area contributed by atoms with Crippen LogP contribution in [0.25, 0.3) is 11.0 Å². The predicted molar refractivity (Wildman–Crippen MR) is 69.7 cm³/mol. The van der Waals surface area contributed by atoms with Crippen molar-refractivity contribution in [3.63, 3.8) is 0 Å². The molecule has 2 heterocycles. The SMILES string of the molecule is O=C1CC(S(=O)(=O)F)CN1c1ccc2[nH]c(=O)[nH]c2c1. The molecule has 2 N–H and O–H groups in total. The van der Waals surface area contributed by atoms with Gasteiger partial charge in [-0.2, -0.15) is 8.42 Å². The highest BCUT2D eigenvalue weighted by atomic mass is 32.3. The maximum absolute atomic E-state index is 13.0. The lowest BCUT2D eigenvalue weighted by Gasteiger charge is -2.15. The molecule has 1 unspecified atom stereocenters. The molecule has 0 saturated carbocycles. The first-order chi connectivity index (χ1) is 9.34. The Morgan fingerprint density at radius 2 is 1.90 bits per heavy atom. The Labute approximate surface area is 112 Å². The molecule has 1 saturated heterocycles. The van der Waals surface area contributed by atoms with E-state index in [1.165, 1.54) is 4.90 Å². The molecule has 1 atom stereocenters. The number of anilines is 1. The van der Waals surface area contributed by atoms with Crippen LogP contribution in [0.3, 0.4) is 0 Å². The Morgan fingerprint density at radius 3 is 2.55 bits per heavy atom. The van der Waals surface area contributed by atoms with Gasteiger partial charge in [0, 0.05) is 18.7 Å². The van der Waals surface area contributed by atoms with E-state index >= 15 is 0 Å². The van der Waals surface area contributed by atoms with Gasteiger partial charge in [-0.25, -0.2) is 4.79 Å². The van der Waals surface area contributed by atoms with Crippen molar-refractivity contribution in [3.8, 4) is 0 Å². The molecule has 2 aromatic rings. The second-order valence-electron chi connectivity index (χ2n) is 4.62. The average molecular weight is 299 g/mol. The number of nitrogens with one attached hydrogen (secondary N) is 2. The second-order valence-corrected chi connectivity index (χ2v) is 6.23. The maximum Gasteiger partial charge on any atom is 0.323 e. The van der Waals surface area contributed by atoms with Crippen LogP contribution in [0.15, 0.2) is 23.0 Å². The van der Waals surface area contributed by atoms with Gasteiger partial charge in [0.05, 0.1) is 11.0 Å². The summed E-state index contributed by atoms with van der Waals surface area (Å²) >= 11 is 0. The Kier molecular flexibility index (Phi) is 2.68. The van der Waals surface area contributed by atoms with Crippen molar-refractivity contribution >= 4 is 32.9 Å². The smallest absolute Gasteiger partial charge is 0.311 e. The summed E-state index contributed by atoms with van der Waals surface area (Å²) in [6.07, 6.45) is -0.374. The molecule has 106 valence electrons. The molecule has 1 aromatic carbocycles. The van der Waals surface area contributed by atoms with Crippen molar-refractivity contribution in [2.75, 3.05) is 11.4 Å². The summed E-state index contributed by atoms with van der Waals surface area (Å²) in [5.41, 5.74) is 1.10.